The molecule has 2 aromatic rings. The van der Waals surface area contributed by atoms with Crippen molar-refractivity contribution in [2.24, 2.45) is 11.7 Å². The van der Waals surface area contributed by atoms with Crippen LogP contribution in [0.4, 0.5) is 0 Å². The van der Waals surface area contributed by atoms with Gasteiger partial charge in [0.05, 0.1) is 18.2 Å². The van der Waals surface area contributed by atoms with Crippen molar-refractivity contribution in [2.45, 2.75) is 75.5 Å². The third-order valence-electron chi connectivity index (χ3n) is 6.78. The Kier molecular flexibility index (Phi) is 8.72. The van der Waals surface area contributed by atoms with Crippen molar-refractivity contribution >= 4 is 28.6 Å². The average Bonchev–Trinajstić information content (AvgIpc) is 3.22. The number of benzene rings is 1. The van der Waals surface area contributed by atoms with Crippen LogP contribution in [-0.4, -0.2) is 81.0 Å². The van der Waals surface area contributed by atoms with E-state index in [1.54, 1.807) is 13.2 Å². The number of fused-ring (bicyclic) bond motifs is 1. The highest BCUT2D eigenvalue weighted by molar-refractivity contribution is 5.92. The molecule has 11 heteroatoms. The van der Waals surface area contributed by atoms with Gasteiger partial charge in [0.1, 0.15) is 17.7 Å². The number of aliphatic hydroxyl groups excluding tert-OH is 2. The second-order valence-electron chi connectivity index (χ2n) is 10.1. The number of aromatic amines is 1. The van der Waals surface area contributed by atoms with Crippen molar-refractivity contribution in [1.29, 1.82) is 0 Å². The number of primary amides is 1. The highest BCUT2D eigenvalue weighted by Crippen LogP contribution is 2.30. The molecule has 0 aliphatic heterocycles. The summed E-state index contributed by atoms with van der Waals surface area (Å²) < 4.78 is 0. The number of aromatic nitrogens is 1. The highest BCUT2D eigenvalue weighted by atomic mass is 16.3. The summed E-state index contributed by atoms with van der Waals surface area (Å²) in [4.78, 5) is 41.2. The molecular weight excluding hydrogens is 466 g/mol. The number of carbonyl (C=O) groups is 3. The van der Waals surface area contributed by atoms with E-state index in [-0.39, 0.29) is 18.8 Å². The van der Waals surface area contributed by atoms with Gasteiger partial charge in [0.2, 0.25) is 11.8 Å². The molecule has 1 aromatic heterocycles. The summed E-state index contributed by atoms with van der Waals surface area (Å²) in [5.74, 6) is -1.89. The lowest BCUT2D eigenvalue weighted by molar-refractivity contribution is -0.160. The van der Waals surface area contributed by atoms with Gasteiger partial charge in [-0.2, -0.15) is 0 Å². The van der Waals surface area contributed by atoms with E-state index >= 15 is 0 Å². The number of hydrogen-bond donors (Lipinski definition) is 8. The molecule has 0 bridgehead atoms. The lowest BCUT2D eigenvalue weighted by Crippen LogP contribution is -2.65. The summed E-state index contributed by atoms with van der Waals surface area (Å²) in [5, 5.41) is 41.0. The largest absolute Gasteiger partial charge is 0.390 e. The Morgan fingerprint density at radius 2 is 1.86 bits per heavy atom. The second kappa shape index (κ2) is 11.4. The molecule has 0 spiro atoms. The predicted octanol–water partition coefficient (Wildman–Crippen LogP) is -0.954. The minimum Gasteiger partial charge on any atom is -0.390 e. The number of para-hydroxylation sites is 1. The average molecular weight is 504 g/mol. The number of aliphatic hydroxyl groups is 3. The quantitative estimate of drug-likeness (QED) is 0.205. The van der Waals surface area contributed by atoms with Gasteiger partial charge in [0.15, 0.2) is 0 Å². The maximum atomic E-state index is 13.2. The fourth-order valence-corrected chi connectivity index (χ4v) is 4.77. The van der Waals surface area contributed by atoms with Gasteiger partial charge in [-0.3, -0.25) is 14.4 Å². The van der Waals surface area contributed by atoms with Crippen LogP contribution < -0.4 is 21.7 Å². The second-order valence-corrected chi connectivity index (χ2v) is 10.1. The zero-order valence-corrected chi connectivity index (χ0v) is 20.8. The van der Waals surface area contributed by atoms with Crippen LogP contribution in [0.5, 0.6) is 0 Å². The van der Waals surface area contributed by atoms with Gasteiger partial charge in [0, 0.05) is 36.4 Å². The van der Waals surface area contributed by atoms with Crippen LogP contribution in [0.15, 0.2) is 30.5 Å². The summed E-state index contributed by atoms with van der Waals surface area (Å²) in [6, 6.07) is 4.71. The molecule has 1 aliphatic rings. The van der Waals surface area contributed by atoms with Gasteiger partial charge in [-0.05, 0) is 31.0 Å². The fraction of sp³-hybridized carbons (Fsp3) is 0.560. The molecule has 0 unspecified atom stereocenters. The number of rotatable bonds is 10. The Morgan fingerprint density at radius 3 is 2.50 bits per heavy atom. The Labute approximate surface area is 209 Å². The molecule has 36 heavy (non-hydrogen) atoms. The van der Waals surface area contributed by atoms with E-state index in [9.17, 15) is 29.7 Å². The third kappa shape index (κ3) is 6.22. The van der Waals surface area contributed by atoms with Gasteiger partial charge in [-0.1, -0.05) is 32.0 Å². The molecule has 1 fully saturated rings. The molecule has 9 N–H and O–H groups in total. The fourth-order valence-electron chi connectivity index (χ4n) is 4.77. The van der Waals surface area contributed by atoms with Gasteiger partial charge in [-0.25, -0.2) is 0 Å². The van der Waals surface area contributed by atoms with E-state index in [0.29, 0.717) is 6.42 Å². The molecule has 1 aliphatic carbocycles. The van der Waals surface area contributed by atoms with Crippen LogP contribution in [0.3, 0.4) is 0 Å². The Balaban J connectivity index is 1.73. The molecule has 3 rings (SSSR count). The lowest BCUT2D eigenvalue weighted by Gasteiger charge is -2.42. The van der Waals surface area contributed by atoms with E-state index in [2.05, 4.69) is 20.9 Å². The number of amides is 3. The first kappa shape index (κ1) is 27.6. The molecule has 6 atom stereocenters. The number of H-pyrrole nitrogens is 1. The Hall–Kier alpha value is -2.99. The smallest absolute Gasteiger partial charge is 0.252 e. The molecule has 0 radical (unpaired) electrons. The van der Waals surface area contributed by atoms with Gasteiger partial charge in [0.25, 0.3) is 5.91 Å². The zero-order valence-electron chi connectivity index (χ0n) is 20.8. The van der Waals surface area contributed by atoms with Crippen LogP contribution in [0, 0.1) is 5.92 Å². The highest BCUT2D eigenvalue weighted by Gasteiger charge is 2.50. The molecule has 0 saturated heterocycles. The molecule has 198 valence electrons. The van der Waals surface area contributed by atoms with E-state index in [1.165, 1.54) is 0 Å². The summed E-state index contributed by atoms with van der Waals surface area (Å²) in [5.41, 5.74) is 5.03. The maximum Gasteiger partial charge on any atom is 0.252 e. The van der Waals surface area contributed by atoms with Crippen LogP contribution in [-0.2, 0) is 20.8 Å². The van der Waals surface area contributed by atoms with E-state index in [0.717, 1.165) is 16.5 Å². The van der Waals surface area contributed by atoms with Crippen LogP contribution >= 0.6 is 0 Å². The molecule has 11 nitrogen and oxygen atoms in total. The molecule has 3 amide bonds. The summed E-state index contributed by atoms with van der Waals surface area (Å²) in [7, 11) is 1.64. The predicted molar refractivity (Wildman–Crippen MR) is 134 cm³/mol. The van der Waals surface area contributed by atoms with Crippen molar-refractivity contribution in [3.8, 4) is 0 Å². The van der Waals surface area contributed by atoms with Crippen LogP contribution in [0.2, 0.25) is 0 Å². The standard InChI is InChI=1S/C25H37N5O6/c1-13(2)8-18(27-3)23(34)29-19-10-25(36,11-20(31)21(19)32)24(35)30-17(22(26)33)9-14-12-28-16-7-5-4-6-15(14)16/h4-7,12-13,17-21,27-28,31-32,36H,8-11H2,1-3H3,(H2,26,33)(H,29,34)(H,30,35)/t17-,18+,19+,20-,21-,25+/m1/s1. The molecule has 1 saturated carbocycles. The van der Waals surface area contributed by atoms with Crippen molar-refractivity contribution in [1.82, 2.24) is 20.9 Å². The number of nitrogens with one attached hydrogen (secondary N) is 4. The first-order valence-corrected chi connectivity index (χ1v) is 12.2. The summed E-state index contributed by atoms with van der Waals surface area (Å²) in [6.45, 7) is 3.93. The van der Waals surface area contributed by atoms with E-state index in [4.69, 9.17) is 5.73 Å². The number of likely N-dealkylation sites (N-methyl/N-ethyl adjacent to an activating group) is 1. The molecular formula is C25H37N5O6. The minimum atomic E-state index is -2.14. The van der Waals surface area contributed by atoms with Crippen molar-refractivity contribution in [2.75, 3.05) is 7.05 Å². The number of carbonyl (C=O) groups excluding carboxylic acids is 3. The van der Waals surface area contributed by atoms with Crippen molar-refractivity contribution in [3.05, 3.63) is 36.0 Å². The lowest BCUT2D eigenvalue weighted by atomic mass is 9.77. The van der Waals surface area contributed by atoms with Crippen LogP contribution in [0.25, 0.3) is 10.9 Å². The van der Waals surface area contributed by atoms with Crippen molar-refractivity contribution in [3.63, 3.8) is 0 Å². The first-order valence-electron chi connectivity index (χ1n) is 12.2. The molecule has 1 heterocycles. The van der Waals surface area contributed by atoms with E-state index < -0.39 is 60.1 Å². The first-order chi connectivity index (χ1) is 16.9. The molecule has 1 aromatic carbocycles. The zero-order chi connectivity index (χ0) is 26.6. The summed E-state index contributed by atoms with van der Waals surface area (Å²) in [6.07, 6.45) is -1.32. The normalized spacial score (nSPS) is 25.9. The Bertz CT molecular complexity index is 1090. The minimum absolute atomic E-state index is 0.0889. The van der Waals surface area contributed by atoms with E-state index in [1.807, 2.05) is 38.1 Å². The van der Waals surface area contributed by atoms with Gasteiger partial charge in [-0.15, -0.1) is 0 Å². The topological polar surface area (TPSA) is 190 Å². The Morgan fingerprint density at radius 1 is 1.17 bits per heavy atom. The SMILES string of the molecule is CN[C@@H](CC(C)C)C(=O)N[C@H]1C[C@@](O)(C(=O)N[C@H](Cc2c[nH]c3ccccc23)C(N)=O)C[C@@H](O)[C@@H]1O. The monoisotopic (exact) mass is 503 g/mol. The number of nitrogens with two attached hydrogens (primary N) is 1. The van der Waals surface area contributed by atoms with Gasteiger partial charge < -0.3 is 42.0 Å². The van der Waals surface area contributed by atoms with Crippen molar-refractivity contribution < 1.29 is 29.7 Å². The number of hydrogen-bond acceptors (Lipinski definition) is 7. The maximum absolute atomic E-state index is 13.2. The summed E-state index contributed by atoms with van der Waals surface area (Å²) >= 11 is 0. The third-order valence-corrected chi connectivity index (χ3v) is 6.78. The van der Waals surface area contributed by atoms with Gasteiger partial charge >= 0.3 is 0 Å². The van der Waals surface area contributed by atoms with Crippen LogP contribution in [0.1, 0.15) is 38.7 Å².